The van der Waals surface area contributed by atoms with Crippen LogP contribution in [0.4, 0.5) is 0 Å². The van der Waals surface area contributed by atoms with Crippen molar-refractivity contribution in [3.8, 4) is 0 Å². The Morgan fingerprint density at radius 3 is 2.44 bits per heavy atom. The van der Waals surface area contributed by atoms with Crippen molar-refractivity contribution >= 4 is 8.32 Å². The van der Waals surface area contributed by atoms with Crippen molar-refractivity contribution in [2.24, 2.45) is 5.84 Å². The predicted octanol–water partition coefficient (Wildman–Crippen LogP) is 1.32. The topological polar surface area (TPSA) is 58.7 Å². The molecule has 1 saturated heterocycles. The molecule has 0 aliphatic carbocycles. The third kappa shape index (κ3) is 2.84. The van der Waals surface area contributed by atoms with E-state index in [1.807, 2.05) is 0 Å². The van der Waals surface area contributed by atoms with Gasteiger partial charge in [-0.3, -0.25) is 5.84 Å². The summed E-state index contributed by atoms with van der Waals surface area (Å²) in [4.78, 5) is 0. The van der Waals surface area contributed by atoms with Crippen molar-refractivity contribution in [3.63, 3.8) is 0 Å². The molecule has 0 unspecified atom stereocenters. The second kappa shape index (κ2) is 4.74. The minimum Gasteiger partial charge on any atom is -0.412 e. The first kappa shape index (κ1) is 14.1. The number of aliphatic hydroxyl groups is 1. The lowest BCUT2D eigenvalue weighted by molar-refractivity contribution is 0.0775. The van der Waals surface area contributed by atoms with Gasteiger partial charge in [-0.05, 0) is 24.6 Å². The van der Waals surface area contributed by atoms with Gasteiger partial charge in [0.05, 0.1) is 18.8 Å². The number of nitrogens with two attached hydrogens (primary N) is 1. The summed E-state index contributed by atoms with van der Waals surface area (Å²) in [6.07, 6.45) is 1.02. The van der Waals surface area contributed by atoms with E-state index in [1.54, 1.807) is 5.01 Å². The van der Waals surface area contributed by atoms with Crippen LogP contribution in [0.1, 0.15) is 27.2 Å². The Bertz CT molecular complexity index is 241. The summed E-state index contributed by atoms with van der Waals surface area (Å²) >= 11 is 0. The van der Waals surface area contributed by atoms with Gasteiger partial charge < -0.3 is 9.53 Å². The summed E-state index contributed by atoms with van der Waals surface area (Å²) in [6, 6.07) is -0.0332. The van der Waals surface area contributed by atoms with Crippen molar-refractivity contribution in [3.05, 3.63) is 0 Å². The molecular weight excluding hydrogens is 220 g/mol. The van der Waals surface area contributed by atoms with Crippen LogP contribution in [-0.4, -0.2) is 43.7 Å². The van der Waals surface area contributed by atoms with Crippen molar-refractivity contribution < 1.29 is 9.53 Å². The number of nitrogens with zero attached hydrogens (tertiary/aromatic N) is 1. The van der Waals surface area contributed by atoms with E-state index in [0.29, 0.717) is 0 Å². The number of hydrogen-bond acceptors (Lipinski definition) is 4. The number of rotatable bonds is 3. The van der Waals surface area contributed by atoms with E-state index in [2.05, 4.69) is 33.9 Å². The Labute approximate surface area is 99.9 Å². The van der Waals surface area contributed by atoms with Gasteiger partial charge in [-0.2, -0.15) is 0 Å². The maximum Gasteiger partial charge on any atom is 0.192 e. The predicted molar refractivity (Wildman–Crippen MR) is 68.5 cm³/mol. The minimum atomic E-state index is -1.75. The Balaban J connectivity index is 2.67. The molecule has 0 aromatic carbocycles. The first-order valence-corrected chi connectivity index (χ1v) is 8.90. The second-order valence-electron chi connectivity index (χ2n) is 6.19. The number of hydrazine groups is 1. The van der Waals surface area contributed by atoms with Gasteiger partial charge in [-0.25, -0.2) is 5.01 Å². The summed E-state index contributed by atoms with van der Waals surface area (Å²) in [7, 11) is -1.75. The molecule has 1 fully saturated rings. The van der Waals surface area contributed by atoms with Gasteiger partial charge in [0.1, 0.15) is 0 Å². The van der Waals surface area contributed by atoms with E-state index in [1.165, 1.54) is 0 Å². The molecule has 16 heavy (non-hydrogen) atoms. The number of aliphatic hydroxyl groups excluding tert-OH is 1. The van der Waals surface area contributed by atoms with Crippen LogP contribution in [0.5, 0.6) is 0 Å². The highest BCUT2D eigenvalue weighted by Crippen LogP contribution is 2.38. The number of hydrogen-bond donors (Lipinski definition) is 2. The Kier molecular flexibility index (Phi) is 4.18. The zero-order chi connectivity index (χ0) is 12.6. The van der Waals surface area contributed by atoms with Crippen molar-refractivity contribution in [2.75, 3.05) is 13.2 Å². The molecule has 3 N–H and O–H groups in total. The van der Waals surface area contributed by atoms with Crippen LogP contribution in [0.25, 0.3) is 0 Å². The van der Waals surface area contributed by atoms with Crippen LogP contribution in [-0.2, 0) is 4.43 Å². The van der Waals surface area contributed by atoms with Crippen LogP contribution in [0, 0.1) is 0 Å². The quantitative estimate of drug-likeness (QED) is 0.582. The Morgan fingerprint density at radius 2 is 2.00 bits per heavy atom. The Morgan fingerprint density at radius 1 is 1.44 bits per heavy atom. The molecule has 0 spiro atoms. The third-order valence-electron chi connectivity index (χ3n) is 3.97. The molecule has 0 aromatic heterocycles. The zero-order valence-corrected chi connectivity index (χ0v) is 12.2. The molecular formula is C11H26N2O2Si. The monoisotopic (exact) mass is 246 g/mol. The van der Waals surface area contributed by atoms with Crippen LogP contribution in [0.3, 0.4) is 0 Å². The highest BCUT2D eigenvalue weighted by Gasteiger charge is 2.43. The van der Waals surface area contributed by atoms with Crippen LogP contribution < -0.4 is 5.84 Å². The molecule has 1 aliphatic heterocycles. The van der Waals surface area contributed by atoms with E-state index in [0.717, 1.165) is 13.0 Å². The first-order valence-electron chi connectivity index (χ1n) is 5.99. The first-order chi connectivity index (χ1) is 7.19. The van der Waals surface area contributed by atoms with E-state index in [-0.39, 0.29) is 23.8 Å². The Hall–Kier alpha value is 0.0569. The van der Waals surface area contributed by atoms with E-state index >= 15 is 0 Å². The fourth-order valence-electron chi connectivity index (χ4n) is 1.76. The van der Waals surface area contributed by atoms with Gasteiger partial charge in [-0.15, -0.1) is 0 Å². The SMILES string of the molecule is CC(C)(C)[Si](C)(C)O[C@H]1CCN(N)[C@@H]1CO. The molecule has 4 nitrogen and oxygen atoms in total. The lowest BCUT2D eigenvalue weighted by Gasteiger charge is -2.39. The lowest BCUT2D eigenvalue weighted by atomic mass is 10.2. The minimum absolute atomic E-state index is 0.0332. The normalized spacial score (nSPS) is 28.7. The lowest BCUT2D eigenvalue weighted by Crippen LogP contribution is -2.50. The summed E-state index contributed by atoms with van der Waals surface area (Å²) in [5.74, 6) is 5.82. The largest absolute Gasteiger partial charge is 0.412 e. The van der Waals surface area contributed by atoms with Crippen LogP contribution in [0.2, 0.25) is 18.1 Å². The average molecular weight is 246 g/mol. The molecule has 0 radical (unpaired) electrons. The molecule has 0 bridgehead atoms. The van der Waals surface area contributed by atoms with Crippen LogP contribution >= 0.6 is 0 Å². The van der Waals surface area contributed by atoms with Crippen molar-refractivity contribution in [1.82, 2.24) is 5.01 Å². The molecule has 0 saturated carbocycles. The maximum atomic E-state index is 9.32. The van der Waals surface area contributed by atoms with Gasteiger partial charge in [0.2, 0.25) is 0 Å². The standard InChI is InChI=1S/C11H26N2O2Si/c1-11(2,3)16(4,5)15-10-6-7-13(12)9(10)8-14/h9-10,14H,6-8,12H2,1-5H3/t9-,10+/m1/s1. The van der Waals surface area contributed by atoms with Gasteiger partial charge >= 0.3 is 0 Å². The molecule has 1 rings (SSSR count). The summed E-state index contributed by atoms with van der Waals surface area (Å²) < 4.78 is 6.29. The zero-order valence-electron chi connectivity index (χ0n) is 11.2. The molecule has 1 heterocycles. The molecule has 2 atom stereocenters. The molecule has 5 heteroatoms. The van der Waals surface area contributed by atoms with Crippen molar-refractivity contribution in [2.45, 2.75) is 57.5 Å². The summed E-state index contributed by atoms with van der Waals surface area (Å²) in [5, 5.41) is 11.2. The summed E-state index contributed by atoms with van der Waals surface area (Å²) in [6.45, 7) is 12.0. The van der Waals surface area contributed by atoms with Crippen LogP contribution in [0.15, 0.2) is 0 Å². The molecule has 0 aromatic rings. The smallest absolute Gasteiger partial charge is 0.192 e. The van der Waals surface area contributed by atoms with Gasteiger partial charge in [-0.1, -0.05) is 20.8 Å². The second-order valence-corrected chi connectivity index (χ2v) is 10.9. The molecule has 0 amide bonds. The third-order valence-corrected chi connectivity index (χ3v) is 8.47. The molecule has 1 aliphatic rings. The van der Waals surface area contributed by atoms with Crippen molar-refractivity contribution in [1.29, 1.82) is 0 Å². The van der Waals surface area contributed by atoms with Gasteiger partial charge in [0, 0.05) is 6.54 Å². The maximum absolute atomic E-state index is 9.32. The fourth-order valence-corrected chi connectivity index (χ4v) is 3.15. The summed E-state index contributed by atoms with van der Waals surface area (Å²) in [5.41, 5.74) is 0. The van der Waals surface area contributed by atoms with Gasteiger partial charge in [0.15, 0.2) is 8.32 Å². The van der Waals surface area contributed by atoms with E-state index < -0.39 is 8.32 Å². The molecule has 96 valence electrons. The fraction of sp³-hybridized carbons (Fsp3) is 1.00. The average Bonchev–Trinajstić information content (AvgIpc) is 2.44. The highest BCUT2D eigenvalue weighted by atomic mass is 28.4. The van der Waals surface area contributed by atoms with Gasteiger partial charge in [0.25, 0.3) is 0 Å². The van der Waals surface area contributed by atoms with E-state index in [9.17, 15) is 5.11 Å². The van der Waals surface area contributed by atoms with E-state index in [4.69, 9.17) is 10.3 Å². The highest BCUT2D eigenvalue weighted by molar-refractivity contribution is 6.74.